The van der Waals surface area contributed by atoms with E-state index in [9.17, 15) is 33.7 Å². The minimum atomic E-state index is -4.43. The number of aryl methyl sites for hydroxylation is 2. The maximum Gasteiger partial charge on any atom is 0.358 e. The molecule has 0 aliphatic carbocycles. The Morgan fingerprint density at radius 1 is 0.389 bits per heavy atom. The van der Waals surface area contributed by atoms with Gasteiger partial charge in [0.05, 0.1) is 12.4 Å². The standard InChI is InChI=1S/C36H28N2O12S4/c1-25-3-13-33(14-4-25)51(39,40)47-31-11-7-29-23-35(17-9-27(29)21-31)53(43,44)49-37-19-20-38-50-54(45,46)36-18-10-28-22-32(12-8-30(28)24-36)48-52(41,42)34-15-5-26(2)6-16-34/h3-24H,1-2H3. The molecule has 0 saturated carbocycles. The molecule has 0 aromatic heterocycles. The van der Waals surface area contributed by atoms with Crippen molar-refractivity contribution < 1.29 is 50.6 Å². The zero-order valence-electron chi connectivity index (χ0n) is 28.1. The van der Waals surface area contributed by atoms with E-state index in [0.29, 0.717) is 21.5 Å². The van der Waals surface area contributed by atoms with Gasteiger partial charge in [-0.05, 0) is 108 Å². The van der Waals surface area contributed by atoms with E-state index in [1.165, 1.54) is 97.1 Å². The largest absolute Gasteiger partial charge is 0.379 e. The van der Waals surface area contributed by atoms with Crippen LogP contribution in [0.1, 0.15) is 11.1 Å². The van der Waals surface area contributed by atoms with Crippen molar-refractivity contribution in [3.8, 4) is 11.5 Å². The fraction of sp³-hybridized carbons (Fsp3) is 0.0556. The Morgan fingerprint density at radius 3 is 1.07 bits per heavy atom. The highest BCUT2D eigenvalue weighted by atomic mass is 32.2. The highest BCUT2D eigenvalue weighted by molar-refractivity contribution is 7.87. The fourth-order valence-electron chi connectivity index (χ4n) is 4.88. The molecule has 0 saturated heterocycles. The van der Waals surface area contributed by atoms with E-state index < -0.39 is 40.5 Å². The van der Waals surface area contributed by atoms with Gasteiger partial charge in [-0.25, -0.2) is 0 Å². The van der Waals surface area contributed by atoms with Crippen molar-refractivity contribution in [3.63, 3.8) is 0 Å². The van der Waals surface area contributed by atoms with Gasteiger partial charge in [-0.15, -0.1) is 0 Å². The highest BCUT2D eigenvalue weighted by Crippen LogP contribution is 2.28. The van der Waals surface area contributed by atoms with Crippen LogP contribution in [0.4, 0.5) is 0 Å². The van der Waals surface area contributed by atoms with Crippen LogP contribution in [0.15, 0.2) is 151 Å². The summed E-state index contributed by atoms with van der Waals surface area (Å²) in [6.07, 6.45) is 1.50. The molecule has 6 aromatic carbocycles. The summed E-state index contributed by atoms with van der Waals surface area (Å²) in [5, 5.41) is 8.42. The SMILES string of the molecule is Cc1ccc(S(=O)(=O)Oc2ccc3cc(S(=O)(=O)ON=CC=NOS(=O)(=O)c4ccc5cc(OS(=O)(=O)c6ccc(C)cc6)ccc5c4)ccc3c2)cc1. The quantitative estimate of drug-likeness (QED) is 0.0726. The second kappa shape index (κ2) is 14.9. The molecule has 0 bridgehead atoms. The monoisotopic (exact) mass is 808 g/mol. The molecule has 6 aromatic rings. The molecule has 54 heavy (non-hydrogen) atoms. The summed E-state index contributed by atoms with van der Waals surface area (Å²) in [6.45, 7) is 3.64. The van der Waals surface area contributed by atoms with E-state index in [-0.39, 0.29) is 31.1 Å². The third-order valence-electron chi connectivity index (χ3n) is 7.65. The van der Waals surface area contributed by atoms with E-state index in [0.717, 1.165) is 23.6 Å². The lowest BCUT2D eigenvalue weighted by atomic mass is 10.1. The lowest BCUT2D eigenvalue weighted by molar-refractivity contribution is 0.337. The smallest absolute Gasteiger partial charge is 0.358 e. The van der Waals surface area contributed by atoms with Crippen LogP contribution in [-0.4, -0.2) is 46.1 Å². The van der Waals surface area contributed by atoms with E-state index >= 15 is 0 Å². The van der Waals surface area contributed by atoms with Crippen LogP contribution in [-0.2, 0) is 49.0 Å². The van der Waals surface area contributed by atoms with Gasteiger partial charge in [0.25, 0.3) is 0 Å². The lowest BCUT2D eigenvalue weighted by Crippen LogP contribution is -2.09. The summed E-state index contributed by atoms with van der Waals surface area (Å²) in [6, 6.07) is 28.7. The Bertz CT molecular complexity index is 2690. The molecule has 6 rings (SSSR count). The summed E-state index contributed by atoms with van der Waals surface area (Å²) < 4.78 is 121. The number of nitrogens with zero attached hydrogens (tertiary/aromatic N) is 2. The third kappa shape index (κ3) is 8.85. The first kappa shape index (κ1) is 37.9. The van der Waals surface area contributed by atoms with E-state index in [2.05, 4.69) is 18.9 Å². The van der Waals surface area contributed by atoms with Crippen molar-refractivity contribution in [2.75, 3.05) is 0 Å². The van der Waals surface area contributed by atoms with Gasteiger partial charge in [-0.3, -0.25) is 8.57 Å². The first-order valence-electron chi connectivity index (χ1n) is 15.5. The zero-order valence-corrected chi connectivity index (χ0v) is 31.4. The Hall–Kier alpha value is -5.82. The minimum absolute atomic E-state index is 0.0188. The van der Waals surface area contributed by atoms with Gasteiger partial charge in [-0.2, -0.15) is 33.7 Å². The topological polar surface area (TPSA) is 198 Å². The van der Waals surface area contributed by atoms with Crippen molar-refractivity contribution >= 4 is 74.4 Å². The molecule has 0 spiro atoms. The maximum atomic E-state index is 12.7. The van der Waals surface area contributed by atoms with Crippen LogP contribution in [0.25, 0.3) is 21.5 Å². The molecular formula is C36H28N2O12S4. The molecule has 0 N–H and O–H groups in total. The number of rotatable bonds is 13. The molecule has 0 fully saturated rings. The molecule has 0 amide bonds. The van der Waals surface area contributed by atoms with Gasteiger partial charge in [0.2, 0.25) is 0 Å². The molecule has 0 aliphatic heterocycles. The maximum absolute atomic E-state index is 12.7. The fourth-order valence-corrected chi connectivity index (χ4v) is 8.24. The summed E-state index contributed by atoms with van der Waals surface area (Å²) in [4.78, 5) is -0.581. The lowest BCUT2D eigenvalue weighted by Gasteiger charge is -2.09. The number of hydrogen-bond donors (Lipinski definition) is 0. The van der Waals surface area contributed by atoms with Crippen LogP contribution in [0.3, 0.4) is 0 Å². The molecule has 0 radical (unpaired) electrons. The molecule has 278 valence electrons. The van der Waals surface area contributed by atoms with Gasteiger partial charge < -0.3 is 8.37 Å². The van der Waals surface area contributed by atoms with Gasteiger partial charge in [0.15, 0.2) is 0 Å². The third-order valence-corrected chi connectivity index (χ3v) is 12.4. The van der Waals surface area contributed by atoms with E-state index in [1.54, 1.807) is 24.3 Å². The van der Waals surface area contributed by atoms with Crippen molar-refractivity contribution in [1.82, 2.24) is 0 Å². The predicted molar refractivity (Wildman–Crippen MR) is 199 cm³/mol. The number of hydrogen-bond acceptors (Lipinski definition) is 14. The van der Waals surface area contributed by atoms with Gasteiger partial charge in [0.1, 0.15) is 31.1 Å². The molecule has 0 unspecified atom stereocenters. The van der Waals surface area contributed by atoms with Gasteiger partial charge in [0, 0.05) is 0 Å². The highest BCUT2D eigenvalue weighted by Gasteiger charge is 2.20. The first-order chi connectivity index (χ1) is 25.5. The molecular weight excluding hydrogens is 781 g/mol. The Labute approximate surface area is 311 Å². The van der Waals surface area contributed by atoms with Crippen LogP contribution in [0.2, 0.25) is 0 Å². The minimum Gasteiger partial charge on any atom is -0.379 e. The zero-order chi connectivity index (χ0) is 38.7. The predicted octanol–water partition coefficient (Wildman–Crippen LogP) is 6.23. The summed E-state index contributed by atoms with van der Waals surface area (Å²) in [5.74, 6) is 0.0501. The van der Waals surface area contributed by atoms with E-state index in [4.69, 9.17) is 8.37 Å². The molecule has 0 heterocycles. The summed E-state index contributed by atoms with van der Waals surface area (Å²) >= 11 is 0. The van der Waals surface area contributed by atoms with Crippen LogP contribution in [0, 0.1) is 13.8 Å². The second-order valence-corrected chi connectivity index (χ2v) is 17.8. The van der Waals surface area contributed by atoms with Crippen LogP contribution >= 0.6 is 0 Å². The van der Waals surface area contributed by atoms with Crippen molar-refractivity contribution in [3.05, 3.63) is 132 Å². The first-order valence-corrected chi connectivity index (χ1v) is 21.2. The van der Waals surface area contributed by atoms with Gasteiger partial charge >= 0.3 is 40.5 Å². The van der Waals surface area contributed by atoms with Gasteiger partial charge in [-0.1, -0.05) is 70.0 Å². The Kier molecular flexibility index (Phi) is 10.5. The second-order valence-electron chi connectivity index (χ2n) is 11.6. The molecule has 0 aliphatic rings. The molecule has 0 atom stereocenters. The molecule has 14 nitrogen and oxygen atoms in total. The normalized spacial score (nSPS) is 12.7. The summed E-state index contributed by atoms with van der Waals surface area (Å²) in [5.41, 5.74) is 1.77. The average Bonchev–Trinajstić information content (AvgIpc) is 3.12. The van der Waals surface area contributed by atoms with Crippen LogP contribution < -0.4 is 8.37 Å². The average molecular weight is 809 g/mol. The Balaban J connectivity index is 1.05. The van der Waals surface area contributed by atoms with Crippen molar-refractivity contribution in [2.24, 2.45) is 10.3 Å². The summed E-state index contributed by atoms with van der Waals surface area (Å²) in [7, 11) is -17.0. The Morgan fingerprint density at radius 2 is 0.704 bits per heavy atom. The number of benzene rings is 6. The number of oxime groups is 2. The van der Waals surface area contributed by atoms with E-state index in [1.807, 2.05) is 13.8 Å². The number of fused-ring (bicyclic) bond motifs is 2. The van der Waals surface area contributed by atoms with Crippen molar-refractivity contribution in [1.29, 1.82) is 0 Å². The van der Waals surface area contributed by atoms with Crippen molar-refractivity contribution in [2.45, 2.75) is 33.4 Å². The molecule has 18 heteroatoms. The van der Waals surface area contributed by atoms with Crippen LogP contribution in [0.5, 0.6) is 11.5 Å².